The largest absolute Gasteiger partial charge is 0.491 e. The summed E-state index contributed by atoms with van der Waals surface area (Å²) in [6, 6.07) is 12.2. The van der Waals surface area contributed by atoms with Crippen LogP contribution in [0.5, 0.6) is 5.75 Å². The van der Waals surface area contributed by atoms with E-state index < -0.39 is 11.8 Å². The van der Waals surface area contributed by atoms with Crippen molar-refractivity contribution in [3.8, 4) is 5.75 Å². The number of hydrogen-bond donors (Lipinski definition) is 2. The lowest BCUT2D eigenvalue weighted by molar-refractivity contribution is -0.140. The van der Waals surface area contributed by atoms with E-state index in [0.29, 0.717) is 16.9 Å². The van der Waals surface area contributed by atoms with Gasteiger partial charge < -0.3 is 15.4 Å². The number of carbonyl (C=O) groups is 3. The molecule has 0 bridgehead atoms. The Labute approximate surface area is 210 Å². The molecule has 2 aromatic carbocycles. The van der Waals surface area contributed by atoms with Gasteiger partial charge in [-0.15, -0.1) is 0 Å². The molecule has 0 saturated heterocycles. The molecule has 4 rings (SSSR count). The van der Waals surface area contributed by atoms with Gasteiger partial charge in [-0.1, -0.05) is 36.9 Å². The minimum atomic E-state index is -0.456. The molecule has 0 radical (unpaired) electrons. The molecule has 2 aliphatic rings. The second kappa shape index (κ2) is 10.5. The Morgan fingerprint density at radius 1 is 1.03 bits per heavy atom. The summed E-state index contributed by atoms with van der Waals surface area (Å²) in [5.74, 6) is -0.446. The van der Waals surface area contributed by atoms with Crippen LogP contribution in [0.1, 0.15) is 61.9 Å². The molecular formula is C27H30ClN3O4. The fourth-order valence-corrected chi connectivity index (χ4v) is 4.64. The summed E-state index contributed by atoms with van der Waals surface area (Å²) in [6.07, 6.45) is 4.76. The van der Waals surface area contributed by atoms with Crippen LogP contribution in [0, 0.1) is 6.92 Å². The van der Waals surface area contributed by atoms with E-state index in [1.165, 1.54) is 4.90 Å². The molecule has 0 aromatic heterocycles. The first-order chi connectivity index (χ1) is 16.7. The molecule has 35 heavy (non-hydrogen) atoms. The molecule has 1 aliphatic heterocycles. The van der Waals surface area contributed by atoms with Crippen LogP contribution >= 0.6 is 11.6 Å². The van der Waals surface area contributed by atoms with Crippen molar-refractivity contribution in [2.75, 3.05) is 10.6 Å². The zero-order chi connectivity index (χ0) is 25.1. The molecule has 2 N–H and O–H groups in total. The molecule has 1 fully saturated rings. The van der Waals surface area contributed by atoms with Crippen LogP contribution in [-0.2, 0) is 9.59 Å². The highest BCUT2D eigenvalue weighted by Gasteiger charge is 2.42. The minimum absolute atomic E-state index is 0.0589. The third-order valence-electron chi connectivity index (χ3n) is 6.24. The molecule has 0 atom stereocenters. The monoisotopic (exact) mass is 495 g/mol. The summed E-state index contributed by atoms with van der Waals surface area (Å²) < 4.78 is 5.63. The second-order valence-electron chi connectivity index (χ2n) is 9.26. The summed E-state index contributed by atoms with van der Waals surface area (Å²) in [4.78, 5) is 40.0. The van der Waals surface area contributed by atoms with E-state index in [2.05, 4.69) is 10.6 Å². The second-order valence-corrected chi connectivity index (χ2v) is 9.64. The number of nitrogens with one attached hydrogen (secondary N) is 2. The Balaban J connectivity index is 1.49. The van der Waals surface area contributed by atoms with Gasteiger partial charge in [-0.3, -0.25) is 19.3 Å². The fourth-order valence-electron chi connectivity index (χ4n) is 4.42. The van der Waals surface area contributed by atoms with Gasteiger partial charge in [0.05, 0.1) is 6.10 Å². The number of anilines is 2. The first kappa shape index (κ1) is 24.8. The van der Waals surface area contributed by atoms with E-state index in [-0.39, 0.29) is 28.8 Å². The van der Waals surface area contributed by atoms with Gasteiger partial charge in [-0.2, -0.15) is 0 Å². The fraction of sp³-hybridized carbons (Fsp3) is 0.370. The Kier molecular flexibility index (Phi) is 7.45. The molecule has 1 saturated carbocycles. The zero-order valence-electron chi connectivity index (χ0n) is 20.2. The number of aryl methyl sites for hydroxylation is 1. The van der Waals surface area contributed by atoms with Gasteiger partial charge in [0.1, 0.15) is 16.5 Å². The van der Waals surface area contributed by atoms with Crippen LogP contribution in [0.3, 0.4) is 0 Å². The van der Waals surface area contributed by atoms with Gasteiger partial charge in [0.15, 0.2) is 0 Å². The maximum Gasteiger partial charge on any atom is 0.279 e. The normalized spacial score (nSPS) is 16.8. The van der Waals surface area contributed by atoms with Crippen LogP contribution in [-0.4, -0.2) is 34.8 Å². The van der Waals surface area contributed by atoms with Crippen molar-refractivity contribution in [2.24, 2.45) is 0 Å². The van der Waals surface area contributed by atoms with Crippen molar-refractivity contribution >= 4 is 40.7 Å². The van der Waals surface area contributed by atoms with E-state index >= 15 is 0 Å². The number of nitrogens with zero attached hydrogens (tertiary/aromatic N) is 1. The Hall–Kier alpha value is -3.32. The highest BCUT2D eigenvalue weighted by atomic mass is 35.5. The van der Waals surface area contributed by atoms with Crippen molar-refractivity contribution in [1.29, 1.82) is 0 Å². The smallest absolute Gasteiger partial charge is 0.279 e. The van der Waals surface area contributed by atoms with Crippen LogP contribution in [0.4, 0.5) is 11.4 Å². The summed E-state index contributed by atoms with van der Waals surface area (Å²) >= 11 is 6.31. The third-order valence-corrected chi connectivity index (χ3v) is 6.59. The summed E-state index contributed by atoms with van der Waals surface area (Å²) in [7, 11) is 0. The van der Waals surface area contributed by atoms with Crippen molar-refractivity contribution in [1.82, 2.24) is 4.90 Å². The molecule has 0 spiro atoms. The van der Waals surface area contributed by atoms with Gasteiger partial charge in [-0.25, -0.2) is 0 Å². The Morgan fingerprint density at radius 2 is 1.71 bits per heavy atom. The highest BCUT2D eigenvalue weighted by molar-refractivity contribution is 6.48. The molecule has 2 aromatic rings. The van der Waals surface area contributed by atoms with Crippen LogP contribution in [0.25, 0.3) is 0 Å². The molecule has 3 amide bonds. The number of carbonyl (C=O) groups excluding carboxylic acids is 3. The predicted molar refractivity (Wildman–Crippen MR) is 137 cm³/mol. The first-order valence-electron chi connectivity index (χ1n) is 12.0. The summed E-state index contributed by atoms with van der Waals surface area (Å²) in [5, 5.41) is 5.78. The Bertz CT molecular complexity index is 1170. The Morgan fingerprint density at radius 3 is 2.37 bits per heavy atom. The van der Waals surface area contributed by atoms with E-state index in [4.69, 9.17) is 16.3 Å². The van der Waals surface area contributed by atoms with Crippen molar-refractivity contribution in [2.45, 2.75) is 65.0 Å². The first-order valence-corrected chi connectivity index (χ1v) is 12.4. The quantitative estimate of drug-likeness (QED) is 0.488. The number of amides is 3. The van der Waals surface area contributed by atoms with Gasteiger partial charge in [0, 0.05) is 23.0 Å². The average molecular weight is 496 g/mol. The van der Waals surface area contributed by atoms with Crippen molar-refractivity contribution < 1.29 is 19.1 Å². The van der Waals surface area contributed by atoms with E-state index in [1.54, 1.807) is 42.5 Å². The molecule has 7 nitrogen and oxygen atoms in total. The predicted octanol–water partition coefficient (Wildman–Crippen LogP) is 5.60. The van der Waals surface area contributed by atoms with Crippen LogP contribution in [0.15, 0.2) is 53.2 Å². The molecule has 1 aliphatic carbocycles. The van der Waals surface area contributed by atoms with Crippen LogP contribution < -0.4 is 15.4 Å². The van der Waals surface area contributed by atoms with E-state index in [0.717, 1.165) is 43.4 Å². The lowest BCUT2D eigenvalue weighted by Crippen LogP contribution is -2.42. The lowest BCUT2D eigenvalue weighted by Gasteiger charge is -2.29. The van der Waals surface area contributed by atoms with Crippen molar-refractivity contribution in [3.63, 3.8) is 0 Å². The minimum Gasteiger partial charge on any atom is -0.491 e. The number of hydrogen-bond acceptors (Lipinski definition) is 5. The molecule has 8 heteroatoms. The zero-order valence-corrected chi connectivity index (χ0v) is 20.9. The number of benzene rings is 2. The van der Waals surface area contributed by atoms with Gasteiger partial charge in [-0.05, 0) is 75.6 Å². The topological polar surface area (TPSA) is 87.7 Å². The number of rotatable bonds is 7. The van der Waals surface area contributed by atoms with Gasteiger partial charge in [0.25, 0.3) is 17.7 Å². The lowest BCUT2D eigenvalue weighted by atomic mass is 9.94. The molecular weight excluding hydrogens is 466 g/mol. The average Bonchev–Trinajstić information content (AvgIpc) is 3.04. The summed E-state index contributed by atoms with van der Waals surface area (Å²) in [5.41, 5.74) is 2.44. The molecule has 0 unspecified atom stereocenters. The van der Waals surface area contributed by atoms with Gasteiger partial charge in [0.2, 0.25) is 0 Å². The number of ether oxygens (including phenoxy) is 1. The SMILES string of the molecule is Cc1ccc(C(=O)Nc2ccc(OC(C)C)cc2)cc1NC1=C(Cl)C(=O)N(C2CCCCC2)C1=O. The van der Waals surface area contributed by atoms with Gasteiger partial charge >= 0.3 is 0 Å². The maximum absolute atomic E-state index is 13.1. The molecule has 184 valence electrons. The number of imide groups is 1. The number of halogens is 1. The maximum atomic E-state index is 13.1. The molecule has 1 heterocycles. The summed E-state index contributed by atoms with van der Waals surface area (Å²) in [6.45, 7) is 5.75. The van der Waals surface area contributed by atoms with E-state index in [9.17, 15) is 14.4 Å². The van der Waals surface area contributed by atoms with E-state index in [1.807, 2.05) is 20.8 Å². The highest BCUT2D eigenvalue weighted by Crippen LogP contribution is 2.33. The standard InChI is InChI=1S/C27H30ClN3O4/c1-16(2)35-21-13-11-19(12-14-21)29-25(32)18-10-9-17(3)22(15-18)30-24-23(28)26(33)31(27(24)34)20-7-5-4-6-8-20/h9-16,20,30H,4-8H2,1-3H3,(H,29,32). The third kappa shape index (κ3) is 5.51. The van der Waals surface area contributed by atoms with Crippen molar-refractivity contribution in [3.05, 3.63) is 64.3 Å². The van der Waals surface area contributed by atoms with Crippen LogP contribution in [0.2, 0.25) is 0 Å².